The fourth-order valence-electron chi connectivity index (χ4n) is 5.57. The van der Waals surface area contributed by atoms with Crippen molar-refractivity contribution in [3.8, 4) is 0 Å². The van der Waals surface area contributed by atoms with E-state index >= 15 is 0 Å². The van der Waals surface area contributed by atoms with Gasteiger partial charge in [0.15, 0.2) is 0 Å². The number of piperazine rings is 1. The Kier molecular flexibility index (Phi) is 7.84. The Labute approximate surface area is 203 Å². The maximum atomic E-state index is 13.8. The average molecular weight is 466 g/mol. The highest BCUT2D eigenvalue weighted by atomic mass is 16.5. The molecule has 1 saturated heterocycles. The van der Waals surface area contributed by atoms with Gasteiger partial charge in [-0.2, -0.15) is 0 Å². The number of carbonyl (C=O) groups is 2. The van der Waals surface area contributed by atoms with Crippen LogP contribution in [0.3, 0.4) is 0 Å². The summed E-state index contributed by atoms with van der Waals surface area (Å²) in [5.41, 5.74) is 3.85. The van der Waals surface area contributed by atoms with Crippen molar-refractivity contribution in [2.24, 2.45) is 5.41 Å². The molecule has 0 bridgehead atoms. The van der Waals surface area contributed by atoms with E-state index in [2.05, 4.69) is 75.6 Å². The molecule has 1 aliphatic rings. The lowest BCUT2D eigenvalue weighted by molar-refractivity contribution is -0.149. The van der Waals surface area contributed by atoms with Gasteiger partial charge in [-0.25, -0.2) is 5.48 Å². The molecule has 1 aliphatic heterocycles. The molecule has 3 rings (SSSR count). The number of hydroxylamine groups is 1. The molecule has 1 fully saturated rings. The van der Waals surface area contributed by atoms with Crippen LogP contribution in [0.5, 0.6) is 0 Å². The Balaban J connectivity index is 1.66. The van der Waals surface area contributed by atoms with Crippen LogP contribution in [-0.2, 0) is 16.8 Å². The van der Waals surface area contributed by atoms with E-state index in [1.54, 1.807) is 17.6 Å². The van der Waals surface area contributed by atoms with E-state index in [4.69, 9.17) is 5.21 Å². The summed E-state index contributed by atoms with van der Waals surface area (Å²) in [5.74, 6) is -0.297. The molecule has 2 aromatic carbocycles. The topological polar surface area (TPSA) is 72.9 Å². The van der Waals surface area contributed by atoms with E-state index in [9.17, 15) is 9.59 Å². The van der Waals surface area contributed by atoms with Crippen molar-refractivity contribution in [3.63, 3.8) is 0 Å². The van der Waals surface area contributed by atoms with Gasteiger partial charge >= 0.3 is 0 Å². The molecule has 0 saturated carbocycles. The van der Waals surface area contributed by atoms with Crippen molar-refractivity contribution in [2.75, 3.05) is 13.1 Å². The van der Waals surface area contributed by atoms with Crippen LogP contribution in [0.25, 0.3) is 0 Å². The fraction of sp³-hybridized carbons (Fsp3) is 0.500. The molecule has 1 heterocycles. The molecule has 0 spiro atoms. The Morgan fingerprint density at radius 3 is 2.03 bits per heavy atom. The monoisotopic (exact) mass is 465 g/mol. The lowest BCUT2D eigenvalue weighted by Gasteiger charge is -2.48. The number of nitrogens with one attached hydrogen (secondary N) is 1. The van der Waals surface area contributed by atoms with Gasteiger partial charge in [-0.1, -0.05) is 70.2 Å². The van der Waals surface area contributed by atoms with Gasteiger partial charge in [-0.05, 0) is 48.9 Å². The van der Waals surface area contributed by atoms with Gasteiger partial charge in [0.05, 0.1) is 0 Å². The van der Waals surface area contributed by atoms with Crippen molar-refractivity contribution >= 4 is 11.8 Å². The van der Waals surface area contributed by atoms with Crippen LogP contribution in [-0.4, -0.2) is 52.0 Å². The molecule has 0 unspecified atom stereocenters. The van der Waals surface area contributed by atoms with E-state index in [-0.39, 0.29) is 23.4 Å². The summed E-state index contributed by atoms with van der Waals surface area (Å²) in [4.78, 5) is 29.8. The number of benzene rings is 2. The maximum Gasteiger partial charge on any atom is 0.274 e. The van der Waals surface area contributed by atoms with Crippen molar-refractivity contribution in [3.05, 3.63) is 71.3 Å². The van der Waals surface area contributed by atoms with Crippen LogP contribution < -0.4 is 5.48 Å². The first-order chi connectivity index (χ1) is 15.9. The third-order valence-corrected chi connectivity index (χ3v) is 6.97. The molecule has 2 N–H and O–H groups in total. The summed E-state index contributed by atoms with van der Waals surface area (Å²) in [6.07, 6.45) is 0.774. The number of carbonyl (C=O) groups excluding carboxylic acids is 2. The third kappa shape index (κ3) is 5.86. The predicted octanol–water partition coefficient (Wildman–Crippen LogP) is 4.62. The molecule has 34 heavy (non-hydrogen) atoms. The average Bonchev–Trinajstić information content (AvgIpc) is 2.78. The first-order valence-electron chi connectivity index (χ1n) is 12.1. The molecule has 6 heteroatoms. The van der Waals surface area contributed by atoms with E-state index in [0.717, 1.165) is 31.6 Å². The zero-order valence-electron chi connectivity index (χ0n) is 21.3. The SMILES string of the molecule is C[C@@H]1CN(Cc2ccc(C(=O)NO)cc2)C[C@H](C)N1C(=O)C(C)(C)CC(C)(C)c1ccccc1. The number of nitrogens with zero attached hydrogens (tertiary/aromatic N) is 2. The van der Waals surface area contributed by atoms with Crippen molar-refractivity contribution in [1.82, 2.24) is 15.3 Å². The molecule has 6 nitrogen and oxygen atoms in total. The molecule has 0 aliphatic carbocycles. The van der Waals surface area contributed by atoms with Crippen molar-refractivity contribution in [2.45, 2.75) is 72.0 Å². The van der Waals surface area contributed by atoms with E-state index in [0.29, 0.717) is 5.56 Å². The number of hydrogen-bond acceptors (Lipinski definition) is 4. The summed E-state index contributed by atoms with van der Waals surface area (Å²) in [5, 5.41) is 8.78. The van der Waals surface area contributed by atoms with E-state index < -0.39 is 11.3 Å². The lowest BCUT2D eigenvalue weighted by Crippen LogP contribution is -2.61. The standard InChI is InChI=1S/C28H39N3O3/c1-20-16-30(18-22-12-14-23(15-13-22)25(32)29-34)17-21(2)31(20)26(33)28(5,6)19-27(3,4)24-10-8-7-9-11-24/h7-15,20-21,34H,16-19H2,1-6H3,(H,29,32)/t20-,21+. The van der Waals surface area contributed by atoms with Gasteiger partial charge in [0, 0.05) is 42.7 Å². The predicted molar refractivity (Wildman–Crippen MR) is 135 cm³/mol. The zero-order chi connectivity index (χ0) is 25.1. The van der Waals surface area contributed by atoms with Gasteiger partial charge in [0.1, 0.15) is 0 Å². The zero-order valence-corrected chi connectivity index (χ0v) is 21.3. The molecule has 0 radical (unpaired) electrons. The van der Waals surface area contributed by atoms with Gasteiger partial charge in [0.2, 0.25) is 5.91 Å². The summed E-state index contributed by atoms with van der Waals surface area (Å²) in [6.45, 7) is 15.2. The number of hydrogen-bond donors (Lipinski definition) is 2. The van der Waals surface area contributed by atoms with Crippen LogP contribution in [0, 0.1) is 5.41 Å². The van der Waals surface area contributed by atoms with E-state index in [1.165, 1.54) is 5.56 Å². The quantitative estimate of drug-likeness (QED) is 0.462. The summed E-state index contributed by atoms with van der Waals surface area (Å²) < 4.78 is 0. The highest BCUT2D eigenvalue weighted by Crippen LogP contribution is 2.39. The Morgan fingerprint density at radius 2 is 1.50 bits per heavy atom. The van der Waals surface area contributed by atoms with Gasteiger partial charge in [-0.15, -0.1) is 0 Å². The van der Waals surface area contributed by atoms with Gasteiger partial charge in [-0.3, -0.25) is 19.7 Å². The molecule has 184 valence electrons. The normalized spacial score (nSPS) is 19.7. The summed E-state index contributed by atoms with van der Waals surface area (Å²) >= 11 is 0. The highest BCUT2D eigenvalue weighted by molar-refractivity contribution is 5.93. The van der Waals surface area contributed by atoms with Gasteiger partial charge in [0.25, 0.3) is 5.91 Å². The van der Waals surface area contributed by atoms with E-state index in [1.807, 2.05) is 18.2 Å². The minimum atomic E-state index is -0.515. The largest absolute Gasteiger partial charge is 0.334 e. The van der Waals surface area contributed by atoms with Crippen LogP contribution in [0.4, 0.5) is 0 Å². The lowest BCUT2D eigenvalue weighted by atomic mass is 9.70. The molecule has 2 atom stereocenters. The van der Waals surface area contributed by atoms with Crippen LogP contribution in [0.2, 0.25) is 0 Å². The number of amides is 2. The molecule has 2 aromatic rings. The van der Waals surface area contributed by atoms with Crippen molar-refractivity contribution < 1.29 is 14.8 Å². The first kappa shape index (κ1) is 25.9. The second-order valence-electron chi connectivity index (χ2n) is 11.1. The second kappa shape index (κ2) is 10.3. The maximum absolute atomic E-state index is 13.8. The molecular formula is C28H39N3O3. The fourth-order valence-corrected chi connectivity index (χ4v) is 5.57. The van der Waals surface area contributed by atoms with Crippen LogP contribution in [0.1, 0.15) is 69.4 Å². The van der Waals surface area contributed by atoms with Crippen molar-refractivity contribution in [1.29, 1.82) is 0 Å². The smallest absolute Gasteiger partial charge is 0.274 e. The first-order valence-corrected chi connectivity index (χ1v) is 12.1. The summed E-state index contributed by atoms with van der Waals surface area (Å²) in [7, 11) is 0. The third-order valence-electron chi connectivity index (χ3n) is 6.97. The van der Waals surface area contributed by atoms with Crippen LogP contribution in [0.15, 0.2) is 54.6 Å². The molecular weight excluding hydrogens is 426 g/mol. The molecule has 2 amide bonds. The van der Waals surface area contributed by atoms with Gasteiger partial charge < -0.3 is 4.90 Å². The Morgan fingerprint density at radius 1 is 0.941 bits per heavy atom. The van der Waals surface area contributed by atoms with Crippen LogP contribution >= 0.6 is 0 Å². The minimum Gasteiger partial charge on any atom is -0.334 e. The Hall–Kier alpha value is -2.70. The Bertz CT molecular complexity index is 974. The highest BCUT2D eigenvalue weighted by Gasteiger charge is 2.42. The second-order valence-corrected chi connectivity index (χ2v) is 11.1. The molecule has 0 aromatic heterocycles. The number of rotatable bonds is 7. The minimum absolute atomic E-state index is 0.103. The summed E-state index contributed by atoms with van der Waals surface area (Å²) in [6, 6.07) is 17.9.